The van der Waals surface area contributed by atoms with E-state index in [2.05, 4.69) is 11.4 Å². The molecule has 0 atom stereocenters. The number of ketones is 1. The maximum Gasteiger partial charge on any atom is 0.195 e. The van der Waals surface area contributed by atoms with Gasteiger partial charge in [-0.2, -0.15) is 0 Å². The van der Waals surface area contributed by atoms with Crippen LogP contribution in [0.4, 0.5) is 11.5 Å². The van der Waals surface area contributed by atoms with Crippen LogP contribution in [0.2, 0.25) is 0 Å². The Hall–Kier alpha value is -3.66. The number of anilines is 2. The third-order valence-electron chi connectivity index (χ3n) is 4.62. The summed E-state index contributed by atoms with van der Waals surface area (Å²) in [6, 6.07) is 24.6. The van der Waals surface area contributed by atoms with Gasteiger partial charge in [-0.15, -0.1) is 0 Å². The number of carbonyl (C=O) groups excluding carboxylic acids is 1. The van der Waals surface area contributed by atoms with Crippen LogP contribution in [0.5, 0.6) is 5.75 Å². The fourth-order valence-corrected chi connectivity index (χ4v) is 3.21. The lowest BCUT2D eigenvalue weighted by atomic mass is 10.0. The van der Waals surface area contributed by atoms with Crippen LogP contribution in [0.25, 0.3) is 10.9 Å². The monoisotopic (exact) mass is 368 g/mol. The molecule has 0 amide bonds. The highest BCUT2D eigenvalue weighted by molar-refractivity contribution is 6.12. The summed E-state index contributed by atoms with van der Waals surface area (Å²) < 4.78 is 5.56. The van der Waals surface area contributed by atoms with Gasteiger partial charge in [-0.25, -0.2) is 4.98 Å². The van der Waals surface area contributed by atoms with Gasteiger partial charge in [0.1, 0.15) is 11.6 Å². The number of aryl methyl sites for hydroxylation is 1. The smallest absolute Gasteiger partial charge is 0.195 e. The average molecular weight is 368 g/mol. The molecule has 0 aliphatic heterocycles. The van der Waals surface area contributed by atoms with Crippen molar-refractivity contribution in [3.8, 4) is 5.75 Å². The Morgan fingerprint density at radius 2 is 1.68 bits per heavy atom. The molecule has 4 aromatic rings. The van der Waals surface area contributed by atoms with Crippen LogP contribution in [-0.4, -0.2) is 17.9 Å². The fraction of sp³-hybridized carbons (Fsp3) is 0.0833. The molecule has 4 heteroatoms. The van der Waals surface area contributed by atoms with Crippen molar-refractivity contribution in [1.82, 2.24) is 4.98 Å². The summed E-state index contributed by atoms with van der Waals surface area (Å²) in [5.74, 6) is 1.33. The standard InChI is InChI=1S/C24H20N2O2/c1-16-12-13-21-19(14-16)22(28-2)15-23(26-21)25-20-11-7-6-10-18(20)24(27)17-8-4-3-5-9-17/h3-15H,1-2H3,(H,25,26). The Bertz CT molecular complexity index is 1150. The zero-order valence-electron chi connectivity index (χ0n) is 15.8. The number of nitrogens with one attached hydrogen (secondary N) is 1. The van der Waals surface area contributed by atoms with Crippen molar-refractivity contribution in [1.29, 1.82) is 0 Å². The van der Waals surface area contributed by atoms with Gasteiger partial charge < -0.3 is 10.1 Å². The summed E-state index contributed by atoms with van der Waals surface area (Å²) >= 11 is 0. The van der Waals surface area contributed by atoms with Crippen LogP contribution < -0.4 is 10.1 Å². The second-order valence-corrected chi connectivity index (χ2v) is 6.60. The molecule has 0 bridgehead atoms. The highest BCUT2D eigenvalue weighted by atomic mass is 16.5. The molecule has 1 heterocycles. The zero-order chi connectivity index (χ0) is 19.5. The first kappa shape index (κ1) is 17.7. The van der Waals surface area contributed by atoms with E-state index in [9.17, 15) is 4.79 Å². The number of benzene rings is 3. The van der Waals surface area contributed by atoms with Crippen molar-refractivity contribution >= 4 is 28.2 Å². The van der Waals surface area contributed by atoms with Gasteiger partial charge in [0, 0.05) is 22.6 Å². The Balaban J connectivity index is 1.74. The fourth-order valence-electron chi connectivity index (χ4n) is 3.21. The van der Waals surface area contributed by atoms with Crippen molar-refractivity contribution < 1.29 is 9.53 Å². The van der Waals surface area contributed by atoms with Crippen molar-refractivity contribution in [2.45, 2.75) is 6.92 Å². The lowest BCUT2D eigenvalue weighted by Crippen LogP contribution is -2.06. The number of pyridine rings is 1. The molecule has 0 saturated carbocycles. The molecule has 0 radical (unpaired) electrons. The maximum absolute atomic E-state index is 12.9. The van der Waals surface area contributed by atoms with E-state index in [1.54, 1.807) is 7.11 Å². The summed E-state index contributed by atoms with van der Waals surface area (Å²) in [5.41, 5.74) is 3.93. The van der Waals surface area contributed by atoms with Crippen LogP contribution in [0.15, 0.2) is 78.9 Å². The van der Waals surface area contributed by atoms with Gasteiger partial charge in [0.05, 0.1) is 18.3 Å². The molecule has 0 unspecified atom stereocenters. The quantitative estimate of drug-likeness (QED) is 0.471. The Labute approximate surface area is 163 Å². The molecule has 0 saturated heterocycles. The number of fused-ring (bicyclic) bond motifs is 1. The average Bonchev–Trinajstić information content (AvgIpc) is 2.74. The lowest BCUT2D eigenvalue weighted by molar-refractivity contribution is 0.103. The summed E-state index contributed by atoms with van der Waals surface area (Å²) in [5, 5.41) is 4.25. The highest BCUT2D eigenvalue weighted by Crippen LogP contribution is 2.30. The van der Waals surface area contributed by atoms with E-state index >= 15 is 0 Å². The Morgan fingerprint density at radius 3 is 2.46 bits per heavy atom. The van der Waals surface area contributed by atoms with Gasteiger partial charge in [0.25, 0.3) is 0 Å². The largest absolute Gasteiger partial charge is 0.496 e. The van der Waals surface area contributed by atoms with Crippen molar-refractivity contribution in [3.63, 3.8) is 0 Å². The van der Waals surface area contributed by atoms with E-state index in [1.807, 2.05) is 79.7 Å². The normalized spacial score (nSPS) is 10.6. The minimum Gasteiger partial charge on any atom is -0.496 e. The van der Waals surface area contributed by atoms with E-state index in [4.69, 9.17) is 9.72 Å². The van der Waals surface area contributed by atoms with Crippen molar-refractivity contribution in [2.75, 3.05) is 12.4 Å². The van der Waals surface area contributed by atoms with E-state index in [0.29, 0.717) is 22.6 Å². The topological polar surface area (TPSA) is 51.2 Å². The zero-order valence-corrected chi connectivity index (χ0v) is 15.8. The van der Waals surface area contributed by atoms with E-state index in [0.717, 1.165) is 22.2 Å². The summed E-state index contributed by atoms with van der Waals surface area (Å²) in [6.07, 6.45) is 0. The van der Waals surface area contributed by atoms with Crippen molar-refractivity contribution in [3.05, 3.63) is 95.6 Å². The predicted octanol–water partition coefficient (Wildman–Crippen LogP) is 5.53. The van der Waals surface area contributed by atoms with Crippen molar-refractivity contribution in [2.24, 2.45) is 0 Å². The SMILES string of the molecule is COc1cc(Nc2ccccc2C(=O)c2ccccc2)nc2ccc(C)cc12. The molecule has 4 nitrogen and oxygen atoms in total. The minimum absolute atomic E-state index is 0.0351. The van der Waals surface area contributed by atoms with Crippen LogP contribution in [0, 0.1) is 6.92 Å². The third kappa shape index (κ3) is 3.45. The van der Waals surface area contributed by atoms with Gasteiger partial charge >= 0.3 is 0 Å². The first-order chi connectivity index (χ1) is 13.7. The van der Waals surface area contributed by atoms with E-state index < -0.39 is 0 Å². The second kappa shape index (κ2) is 7.53. The summed E-state index contributed by atoms with van der Waals surface area (Å²) in [4.78, 5) is 17.6. The highest BCUT2D eigenvalue weighted by Gasteiger charge is 2.14. The molecule has 0 fully saturated rings. The molecule has 0 aliphatic rings. The number of aromatic nitrogens is 1. The van der Waals surface area contributed by atoms with E-state index in [-0.39, 0.29) is 5.78 Å². The lowest BCUT2D eigenvalue weighted by Gasteiger charge is -2.13. The first-order valence-corrected chi connectivity index (χ1v) is 9.07. The number of ether oxygens (including phenoxy) is 1. The van der Waals surface area contributed by atoms with Crippen LogP contribution in [0.3, 0.4) is 0 Å². The molecule has 3 aromatic carbocycles. The minimum atomic E-state index is -0.0351. The number of hydrogen-bond acceptors (Lipinski definition) is 4. The van der Waals surface area contributed by atoms with Gasteiger partial charge in [-0.3, -0.25) is 4.79 Å². The molecule has 0 spiro atoms. The van der Waals surface area contributed by atoms with Gasteiger partial charge in [-0.05, 0) is 31.2 Å². The Kier molecular flexibility index (Phi) is 4.77. The maximum atomic E-state index is 12.9. The number of nitrogens with zero attached hydrogens (tertiary/aromatic N) is 1. The van der Waals surface area contributed by atoms with E-state index in [1.165, 1.54) is 0 Å². The molecule has 28 heavy (non-hydrogen) atoms. The molecule has 0 aliphatic carbocycles. The van der Waals surface area contributed by atoms with Gasteiger partial charge in [-0.1, -0.05) is 54.1 Å². The second-order valence-electron chi connectivity index (χ2n) is 6.60. The molecule has 138 valence electrons. The predicted molar refractivity (Wildman–Crippen MR) is 113 cm³/mol. The number of rotatable bonds is 5. The van der Waals surface area contributed by atoms with Crippen LogP contribution in [0.1, 0.15) is 21.5 Å². The molecule has 1 aromatic heterocycles. The molecule has 4 rings (SSSR count). The van der Waals surface area contributed by atoms with Gasteiger partial charge in [0.15, 0.2) is 5.78 Å². The number of para-hydroxylation sites is 1. The molecule has 1 N–H and O–H groups in total. The van der Waals surface area contributed by atoms with Gasteiger partial charge in [0.2, 0.25) is 0 Å². The summed E-state index contributed by atoms with van der Waals surface area (Å²) in [7, 11) is 1.65. The van der Waals surface area contributed by atoms with Crippen LogP contribution in [-0.2, 0) is 0 Å². The number of carbonyl (C=O) groups is 1. The first-order valence-electron chi connectivity index (χ1n) is 9.07. The summed E-state index contributed by atoms with van der Waals surface area (Å²) in [6.45, 7) is 2.04. The number of hydrogen-bond donors (Lipinski definition) is 1. The molecular formula is C24H20N2O2. The van der Waals surface area contributed by atoms with Crippen LogP contribution >= 0.6 is 0 Å². The Morgan fingerprint density at radius 1 is 0.929 bits per heavy atom. The third-order valence-corrected chi connectivity index (χ3v) is 4.62. The molecular weight excluding hydrogens is 348 g/mol. The number of methoxy groups -OCH3 is 1.